The van der Waals surface area contributed by atoms with Gasteiger partial charge in [0.1, 0.15) is 0 Å². The second-order valence-electron chi connectivity index (χ2n) is 5.37. The Morgan fingerprint density at radius 3 is 2.67 bits per heavy atom. The smallest absolute Gasteiger partial charge is 0.251 e. The molecule has 7 heteroatoms. The molecule has 3 N–H and O–H groups in total. The number of hydrogen-bond donors (Lipinski definition) is 2. The van der Waals surface area contributed by atoms with Gasteiger partial charge >= 0.3 is 0 Å². The van der Waals surface area contributed by atoms with Crippen molar-refractivity contribution >= 4 is 15.9 Å². The van der Waals surface area contributed by atoms with E-state index in [0.717, 1.165) is 19.3 Å². The van der Waals surface area contributed by atoms with E-state index in [1.165, 1.54) is 6.07 Å². The van der Waals surface area contributed by atoms with Crippen LogP contribution in [0.2, 0.25) is 0 Å². The summed E-state index contributed by atoms with van der Waals surface area (Å²) in [6.07, 6.45) is 2.72. The quantitative estimate of drug-likeness (QED) is 0.864. The molecular formula is C14H20N2O4S. The van der Waals surface area contributed by atoms with Gasteiger partial charge in [-0.2, -0.15) is 0 Å². The second kappa shape index (κ2) is 6.13. The maximum absolute atomic E-state index is 12.2. The van der Waals surface area contributed by atoms with Crippen LogP contribution in [0.3, 0.4) is 0 Å². The number of ether oxygens (including phenoxy) is 1. The molecule has 1 aromatic carbocycles. The average Bonchev–Trinajstić information content (AvgIpc) is 2.85. The molecule has 0 heterocycles. The van der Waals surface area contributed by atoms with Gasteiger partial charge in [0.25, 0.3) is 5.91 Å². The molecular weight excluding hydrogens is 292 g/mol. The third kappa shape index (κ3) is 3.81. The molecule has 6 nitrogen and oxygen atoms in total. The molecule has 0 radical (unpaired) electrons. The lowest BCUT2D eigenvalue weighted by molar-refractivity contribution is 0.0915. The molecule has 116 valence electrons. The fourth-order valence-electron chi connectivity index (χ4n) is 2.60. The van der Waals surface area contributed by atoms with E-state index < -0.39 is 10.0 Å². The number of sulfonamides is 1. The van der Waals surface area contributed by atoms with Crippen LogP contribution in [0.4, 0.5) is 0 Å². The molecule has 0 bridgehead atoms. The topological polar surface area (TPSA) is 98.5 Å². The number of carbonyl (C=O) groups is 1. The van der Waals surface area contributed by atoms with Crippen molar-refractivity contribution in [3.05, 3.63) is 29.3 Å². The highest BCUT2D eigenvalue weighted by Gasteiger charge is 2.26. The van der Waals surface area contributed by atoms with Gasteiger partial charge in [0.15, 0.2) is 0 Å². The number of amides is 1. The van der Waals surface area contributed by atoms with E-state index in [4.69, 9.17) is 9.88 Å². The van der Waals surface area contributed by atoms with Crippen LogP contribution in [0, 0.1) is 6.92 Å². The first-order chi connectivity index (χ1) is 9.81. The Labute approximate surface area is 124 Å². The first kappa shape index (κ1) is 15.9. The summed E-state index contributed by atoms with van der Waals surface area (Å²) < 4.78 is 28.2. The fourth-order valence-corrected chi connectivity index (χ4v) is 3.41. The van der Waals surface area contributed by atoms with Crippen LogP contribution in [0.15, 0.2) is 23.1 Å². The molecule has 1 aliphatic carbocycles. The predicted molar refractivity (Wildman–Crippen MR) is 78.5 cm³/mol. The van der Waals surface area contributed by atoms with E-state index in [9.17, 15) is 13.2 Å². The first-order valence-corrected chi connectivity index (χ1v) is 8.33. The zero-order valence-electron chi connectivity index (χ0n) is 12.1. The molecule has 21 heavy (non-hydrogen) atoms. The predicted octanol–water partition coefficient (Wildman–Crippen LogP) is 0.940. The zero-order chi connectivity index (χ0) is 15.6. The van der Waals surface area contributed by atoms with Gasteiger partial charge in [-0.1, -0.05) is 6.07 Å². The van der Waals surface area contributed by atoms with Crippen molar-refractivity contribution in [1.82, 2.24) is 5.32 Å². The molecule has 1 amide bonds. The van der Waals surface area contributed by atoms with Crippen molar-refractivity contribution in [2.75, 3.05) is 7.11 Å². The molecule has 0 spiro atoms. The minimum absolute atomic E-state index is 0.0173. The van der Waals surface area contributed by atoms with E-state index in [-0.39, 0.29) is 22.9 Å². The minimum Gasteiger partial charge on any atom is -0.381 e. The summed E-state index contributed by atoms with van der Waals surface area (Å²) in [5.41, 5.74) is 0.819. The number of rotatable bonds is 4. The van der Waals surface area contributed by atoms with Crippen molar-refractivity contribution < 1.29 is 17.9 Å². The number of nitrogens with two attached hydrogens (primary N) is 1. The summed E-state index contributed by atoms with van der Waals surface area (Å²) in [4.78, 5) is 12.2. The lowest BCUT2D eigenvalue weighted by Gasteiger charge is -2.14. The number of methoxy groups -OCH3 is 1. The maximum Gasteiger partial charge on any atom is 0.251 e. The molecule has 1 saturated carbocycles. The maximum atomic E-state index is 12.2. The molecule has 1 fully saturated rings. The van der Waals surface area contributed by atoms with Crippen molar-refractivity contribution in [3.8, 4) is 0 Å². The Morgan fingerprint density at radius 1 is 1.38 bits per heavy atom. The van der Waals surface area contributed by atoms with Crippen molar-refractivity contribution in [1.29, 1.82) is 0 Å². The van der Waals surface area contributed by atoms with Crippen molar-refractivity contribution in [3.63, 3.8) is 0 Å². The van der Waals surface area contributed by atoms with E-state index in [1.54, 1.807) is 26.2 Å². The Kier molecular flexibility index (Phi) is 4.65. The summed E-state index contributed by atoms with van der Waals surface area (Å²) >= 11 is 0. The van der Waals surface area contributed by atoms with Crippen LogP contribution >= 0.6 is 0 Å². The molecule has 0 aromatic heterocycles. The van der Waals surface area contributed by atoms with Gasteiger partial charge in [0, 0.05) is 18.7 Å². The SMILES string of the molecule is COC1CCC(NC(=O)c2ccc(C)c(S(N)(=O)=O)c2)C1. The first-order valence-electron chi connectivity index (χ1n) is 6.78. The van der Waals surface area contributed by atoms with Crippen LogP contribution in [-0.2, 0) is 14.8 Å². The molecule has 2 unspecified atom stereocenters. The average molecular weight is 312 g/mol. The van der Waals surface area contributed by atoms with Crippen LogP contribution in [0.25, 0.3) is 0 Å². The van der Waals surface area contributed by atoms with E-state index >= 15 is 0 Å². The molecule has 2 rings (SSSR count). The largest absolute Gasteiger partial charge is 0.381 e. The zero-order valence-corrected chi connectivity index (χ0v) is 12.9. The summed E-state index contributed by atoms with van der Waals surface area (Å²) in [6, 6.07) is 4.56. The third-order valence-electron chi connectivity index (χ3n) is 3.81. The Bertz CT molecular complexity index is 642. The Morgan fingerprint density at radius 2 is 2.10 bits per heavy atom. The highest BCUT2D eigenvalue weighted by Crippen LogP contribution is 2.22. The molecule has 1 aliphatic rings. The van der Waals surface area contributed by atoms with Gasteiger partial charge in [-0.05, 0) is 43.9 Å². The highest BCUT2D eigenvalue weighted by atomic mass is 32.2. The minimum atomic E-state index is -3.83. The summed E-state index contributed by atoms with van der Waals surface area (Å²) in [5, 5.41) is 8.05. The van der Waals surface area contributed by atoms with Gasteiger partial charge < -0.3 is 10.1 Å². The molecule has 1 aromatic rings. The van der Waals surface area contributed by atoms with Crippen molar-refractivity contribution in [2.24, 2.45) is 5.14 Å². The summed E-state index contributed by atoms with van der Waals surface area (Å²) in [6.45, 7) is 1.64. The number of primary sulfonamides is 1. The van der Waals surface area contributed by atoms with Gasteiger partial charge in [0.2, 0.25) is 10.0 Å². The van der Waals surface area contributed by atoms with E-state index in [0.29, 0.717) is 11.1 Å². The summed E-state index contributed by atoms with van der Waals surface area (Å²) in [7, 11) is -2.17. The van der Waals surface area contributed by atoms with Gasteiger partial charge in [-0.15, -0.1) is 0 Å². The lowest BCUT2D eigenvalue weighted by Crippen LogP contribution is -2.33. The van der Waals surface area contributed by atoms with E-state index in [1.807, 2.05) is 0 Å². The van der Waals surface area contributed by atoms with Crippen LogP contribution < -0.4 is 10.5 Å². The number of hydrogen-bond acceptors (Lipinski definition) is 4. The second-order valence-corrected chi connectivity index (χ2v) is 6.90. The lowest BCUT2D eigenvalue weighted by atomic mass is 10.1. The van der Waals surface area contributed by atoms with Gasteiger partial charge in [-0.25, -0.2) is 13.6 Å². The molecule has 0 saturated heterocycles. The van der Waals surface area contributed by atoms with Crippen LogP contribution in [-0.4, -0.2) is 33.6 Å². The Balaban J connectivity index is 2.13. The van der Waals surface area contributed by atoms with Crippen LogP contribution in [0.5, 0.6) is 0 Å². The number of nitrogens with one attached hydrogen (secondary N) is 1. The fraction of sp³-hybridized carbons (Fsp3) is 0.500. The number of carbonyl (C=O) groups excluding carboxylic acids is 1. The van der Waals surface area contributed by atoms with Gasteiger partial charge in [0.05, 0.1) is 11.0 Å². The van der Waals surface area contributed by atoms with E-state index in [2.05, 4.69) is 5.32 Å². The monoisotopic (exact) mass is 312 g/mol. The molecule has 2 atom stereocenters. The van der Waals surface area contributed by atoms with Gasteiger partial charge in [-0.3, -0.25) is 4.79 Å². The molecule has 0 aliphatic heterocycles. The Hall–Kier alpha value is -1.44. The normalized spacial score (nSPS) is 22.2. The number of aryl methyl sites for hydroxylation is 1. The van der Waals surface area contributed by atoms with Crippen LogP contribution in [0.1, 0.15) is 35.2 Å². The third-order valence-corrected chi connectivity index (χ3v) is 4.86. The van der Waals surface area contributed by atoms with Crippen molar-refractivity contribution in [2.45, 2.75) is 43.2 Å². The summed E-state index contributed by atoms with van der Waals surface area (Å²) in [5.74, 6) is -0.290. The standard InChI is InChI=1S/C14H20N2O4S/c1-9-3-4-10(7-13(9)21(15,18)19)14(17)16-11-5-6-12(8-11)20-2/h3-4,7,11-12H,5-6,8H2,1-2H3,(H,16,17)(H2,15,18,19). The highest BCUT2D eigenvalue weighted by molar-refractivity contribution is 7.89. The number of benzene rings is 1.